The third-order valence-electron chi connectivity index (χ3n) is 2.29. The average molecular weight is 227 g/mol. The van der Waals surface area contributed by atoms with Gasteiger partial charge < -0.3 is 4.84 Å². The topological polar surface area (TPSA) is 38.3 Å². The van der Waals surface area contributed by atoms with Gasteiger partial charge in [-0.1, -0.05) is 48.5 Å². The second kappa shape index (κ2) is 5.82. The van der Waals surface area contributed by atoms with Gasteiger partial charge in [-0.3, -0.25) is 0 Å². The first-order valence-electron chi connectivity index (χ1n) is 5.39. The van der Waals surface area contributed by atoms with Gasteiger partial charge in [-0.05, 0) is 17.7 Å². The lowest BCUT2D eigenvalue weighted by molar-refractivity contribution is 0.0237. The van der Waals surface area contributed by atoms with Crippen LogP contribution >= 0.6 is 0 Å². The third kappa shape index (κ3) is 3.43. The van der Waals surface area contributed by atoms with E-state index in [0.717, 1.165) is 5.56 Å². The molecule has 1 N–H and O–H groups in total. The molecule has 0 radical (unpaired) electrons. The van der Waals surface area contributed by atoms with Crippen LogP contribution in [0.25, 0.3) is 0 Å². The van der Waals surface area contributed by atoms with Crippen LogP contribution in [-0.4, -0.2) is 5.97 Å². The average Bonchev–Trinajstić information content (AvgIpc) is 2.41. The van der Waals surface area contributed by atoms with Gasteiger partial charge in [0.1, 0.15) is 0 Å². The summed E-state index contributed by atoms with van der Waals surface area (Å²) < 4.78 is 0. The van der Waals surface area contributed by atoms with Crippen molar-refractivity contribution in [1.82, 2.24) is 5.48 Å². The molecule has 0 amide bonds. The van der Waals surface area contributed by atoms with E-state index >= 15 is 0 Å². The molecule has 17 heavy (non-hydrogen) atoms. The van der Waals surface area contributed by atoms with Gasteiger partial charge in [0.2, 0.25) is 0 Å². The smallest absolute Gasteiger partial charge is 0.356 e. The number of carbonyl (C=O) groups excluding carboxylic acids is 1. The van der Waals surface area contributed by atoms with Crippen LogP contribution in [0.1, 0.15) is 15.9 Å². The van der Waals surface area contributed by atoms with Crippen molar-refractivity contribution in [3.05, 3.63) is 71.8 Å². The number of nitrogens with one attached hydrogen (secondary N) is 1. The molecule has 0 unspecified atom stereocenters. The molecule has 2 aromatic carbocycles. The van der Waals surface area contributed by atoms with Crippen LogP contribution < -0.4 is 5.48 Å². The zero-order valence-electron chi connectivity index (χ0n) is 9.30. The predicted molar refractivity (Wildman–Crippen MR) is 65.1 cm³/mol. The molecule has 0 aromatic heterocycles. The molecule has 0 heterocycles. The molecule has 0 atom stereocenters. The molecule has 0 fully saturated rings. The zero-order valence-corrected chi connectivity index (χ0v) is 9.30. The fourth-order valence-electron chi connectivity index (χ4n) is 1.41. The molecular weight excluding hydrogens is 214 g/mol. The summed E-state index contributed by atoms with van der Waals surface area (Å²) in [6, 6.07) is 18.6. The molecule has 0 spiro atoms. The number of rotatable bonds is 4. The first-order chi connectivity index (χ1) is 8.36. The van der Waals surface area contributed by atoms with Crippen molar-refractivity contribution in [3.8, 4) is 0 Å². The van der Waals surface area contributed by atoms with E-state index in [1.165, 1.54) is 0 Å². The second-order valence-corrected chi connectivity index (χ2v) is 3.56. The first-order valence-corrected chi connectivity index (χ1v) is 5.39. The Kier molecular flexibility index (Phi) is 3.89. The van der Waals surface area contributed by atoms with Gasteiger partial charge in [-0.15, -0.1) is 5.48 Å². The van der Waals surface area contributed by atoms with Crippen LogP contribution in [0.5, 0.6) is 0 Å². The van der Waals surface area contributed by atoms with Crippen LogP contribution in [-0.2, 0) is 11.4 Å². The molecule has 0 aliphatic carbocycles. The van der Waals surface area contributed by atoms with Crippen molar-refractivity contribution < 1.29 is 9.63 Å². The Morgan fingerprint density at radius 1 is 0.941 bits per heavy atom. The summed E-state index contributed by atoms with van der Waals surface area (Å²) in [7, 11) is 0. The van der Waals surface area contributed by atoms with Crippen LogP contribution in [0.4, 0.5) is 0 Å². The highest BCUT2D eigenvalue weighted by Crippen LogP contribution is 2.01. The lowest BCUT2D eigenvalue weighted by Gasteiger charge is -2.05. The zero-order chi connectivity index (χ0) is 11.9. The summed E-state index contributed by atoms with van der Waals surface area (Å²) in [5.41, 5.74) is 4.25. The summed E-state index contributed by atoms with van der Waals surface area (Å²) in [6.45, 7) is 0.499. The lowest BCUT2D eigenvalue weighted by Crippen LogP contribution is -2.19. The van der Waals surface area contributed by atoms with E-state index in [1.807, 2.05) is 36.4 Å². The summed E-state index contributed by atoms with van der Waals surface area (Å²) in [4.78, 5) is 16.5. The SMILES string of the molecule is O=C(ONCc1ccccc1)c1ccccc1. The lowest BCUT2D eigenvalue weighted by atomic mass is 10.2. The van der Waals surface area contributed by atoms with Crippen LogP contribution in [0, 0.1) is 0 Å². The molecule has 0 saturated carbocycles. The Morgan fingerprint density at radius 3 is 2.18 bits per heavy atom. The van der Waals surface area contributed by atoms with E-state index in [0.29, 0.717) is 12.1 Å². The first kappa shape index (κ1) is 11.4. The maximum absolute atomic E-state index is 11.6. The Morgan fingerprint density at radius 2 is 1.53 bits per heavy atom. The van der Waals surface area contributed by atoms with Gasteiger partial charge in [-0.2, -0.15) is 0 Å². The summed E-state index contributed by atoms with van der Waals surface area (Å²) in [5, 5.41) is 0. The molecule has 2 aromatic rings. The number of hydrogen-bond acceptors (Lipinski definition) is 3. The van der Waals surface area contributed by atoms with Crippen molar-refractivity contribution in [1.29, 1.82) is 0 Å². The van der Waals surface area contributed by atoms with Crippen LogP contribution in [0.15, 0.2) is 60.7 Å². The van der Waals surface area contributed by atoms with Gasteiger partial charge in [0.05, 0.1) is 12.1 Å². The number of carbonyl (C=O) groups is 1. The highest BCUT2D eigenvalue weighted by Gasteiger charge is 2.05. The predicted octanol–water partition coefficient (Wildman–Crippen LogP) is 2.55. The van der Waals surface area contributed by atoms with Gasteiger partial charge in [0.25, 0.3) is 0 Å². The van der Waals surface area contributed by atoms with E-state index < -0.39 is 0 Å². The maximum atomic E-state index is 11.6. The Balaban J connectivity index is 1.82. The van der Waals surface area contributed by atoms with Crippen molar-refractivity contribution in [3.63, 3.8) is 0 Å². The van der Waals surface area contributed by atoms with Crippen molar-refractivity contribution in [2.75, 3.05) is 0 Å². The minimum absolute atomic E-state index is 0.374. The number of hydroxylamine groups is 1. The standard InChI is InChI=1S/C14H13NO2/c16-14(13-9-5-2-6-10-13)17-15-11-12-7-3-1-4-8-12/h1-10,15H,11H2. The van der Waals surface area contributed by atoms with Crippen molar-refractivity contribution >= 4 is 5.97 Å². The minimum Gasteiger partial charge on any atom is -0.366 e. The van der Waals surface area contributed by atoms with Gasteiger partial charge in [0, 0.05) is 0 Å². The van der Waals surface area contributed by atoms with E-state index in [2.05, 4.69) is 5.48 Å². The van der Waals surface area contributed by atoms with Crippen LogP contribution in [0.2, 0.25) is 0 Å². The maximum Gasteiger partial charge on any atom is 0.356 e. The molecule has 0 aliphatic rings. The quantitative estimate of drug-likeness (QED) is 0.816. The largest absolute Gasteiger partial charge is 0.366 e. The molecule has 3 nitrogen and oxygen atoms in total. The molecule has 0 saturated heterocycles. The number of benzene rings is 2. The molecule has 0 aliphatic heterocycles. The Hall–Kier alpha value is -2.13. The highest BCUT2D eigenvalue weighted by molar-refractivity contribution is 5.89. The van der Waals surface area contributed by atoms with Gasteiger partial charge in [0.15, 0.2) is 0 Å². The van der Waals surface area contributed by atoms with E-state index in [9.17, 15) is 4.79 Å². The molecule has 2 rings (SSSR count). The fourth-order valence-corrected chi connectivity index (χ4v) is 1.41. The minimum atomic E-state index is -0.374. The molecular formula is C14H13NO2. The van der Waals surface area contributed by atoms with E-state index in [1.54, 1.807) is 24.3 Å². The Labute approximate surface area is 100.0 Å². The second-order valence-electron chi connectivity index (χ2n) is 3.56. The molecule has 0 bridgehead atoms. The third-order valence-corrected chi connectivity index (χ3v) is 2.29. The highest BCUT2D eigenvalue weighted by atomic mass is 16.7. The van der Waals surface area contributed by atoms with Crippen LogP contribution in [0.3, 0.4) is 0 Å². The van der Waals surface area contributed by atoms with Crippen molar-refractivity contribution in [2.45, 2.75) is 6.54 Å². The number of hydrogen-bond donors (Lipinski definition) is 1. The fraction of sp³-hybridized carbons (Fsp3) is 0.0714. The van der Waals surface area contributed by atoms with Crippen molar-refractivity contribution in [2.24, 2.45) is 0 Å². The Bertz CT molecular complexity index is 468. The summed E-state index contributed by atoms with van der Waals surface area (Å²) in [5.74, 6) is -0.374. The van der Waals surface area contributed by atoms with E-state index in [4.69, 9.17) is 4.84 Å². The molecule has 86 valence electrons. The molecule has 3 heteroatoms. The van der Waals surface area contributed by atoms with Gasteiger partial charge >= 0.3 is 5.97 Å². The van der Waals surface area contributed by atoms with Gasteiger partial charge in [-0.25, -0.2) is 4.79 Å². The summed E-state index contributed by atoms with van der Waals surface area (Å²) in [6.07, 6.45) is 0. The normalized spacial score (nSPS) is 9.88. The monoisotopic (exact) mass is 227 g/mol. The van der Waals surface area contributed by atoms with E-state index in [-0.39, 0.29) is 5.97 Å². The summed E-state index contributed by atoms with van der Waals surface area (Å²) >= 11 is 0.